The van der Waals surface area contributed by atoms with Crippen LogP contribution in [0.25, 0.3) is 0 Å². The Morgan fingerprint density at radius 3 is 2.44 bits per heavy atom. The largest absolute Gasteiger partial charge is 0.391 e. The molecule has 1 aromatic carbocycles. The first-order valence-corrected chi connectivity index (χ1v) is 9.30. The van der Waals surface area contributed by atoms with Crippen molar-refractivity contribution in [2.75, 3.05) is 50.7 Å². The second-order valence-corrected chi connectivity index (χ2v) is 7.36. The number of carbonyl (C=O) groups excluding carboxylic acids is 1. The highest BCUT2D eigenvalue weighted by atomic mass is 16.3. The van der Waals surface area contributed by atoms with Crippen LogP contribution in [0, 0.1) is 5.92 Å². The van der Waals surface area contributed by atoms with Gasteiger partial charge in [-0.15, -0.1) is 0 Å². The number of nitrogens with zero attached hydrogens (tertiary/aromatic N) is 2. The molecular weight excluding hydrogens is 316 g/mol. The Kier molecular flexibility index (Phi) is 5.93. The molecule has 0 saturated carbocycles. The van der Waals surface area contributed by atoms with Crippen LogP contribution >= 0.6 is 0 Å². The molecule has 25 heavy (non-hydrogen) atoms. The Bertz CT molecular complexity index is 567. The molecule has 2 atom stereocenters. The highest BCUT2D eigenvalue weighted by Gasteiger charge is 2.25. The van der Waals surface area contributed by atoms with Crippen molar-refractivity contribution in [2.24, 2.45) is 5.92 Å². The van der Waals surface area contributed by atoms with Gasteiger partial charge in [-0.3, -0.25) is 9.69 Å². The van der Waals surface area contributed by atoms with Gasteiger partial charge in [0, 0.05) is 69.0 Å². The van der Waals surface area contributed by atoms with Gasteiger partial charge >= 0.3 is 0 Å². The van der Waals surface area contributed by atoms with Crippen molar-refractivity contribution in [2.45, 2.75) is 26.0 Å². The predicted molar refractivity (Wildman–Crippen MR) is 100 cm³/mol. The fourth-order valence-electron chi connectivity index (χ4n) is 3.57. The molecule has 2 aliphatic rings. The summed E-state index contributed by atoms with van der Waals surface area (Å²) in [7, 11) is 0. The van der Waals surface area contributed by atoms with Gasteiger partial charge in [0.25, 0.3) is 5.91 Å². The van der Waals surface area contributed by atoms with E-state index in [4.69, 9.17) is 0 Å². The molecule has 3 rings (SSSR count). The Labute approximate surface area is 150 Å². The third-order valence-corrected chi connectivity index (χ3v) is 5.37. The molecule has 0 aliphatic carbocycles. The maximum atomic E-state index is 12.3. The van der Waals surface area contributed by atoms with Crippen LogP contribution in [-0.4, -0.2) is 73.9 Å². The molecule has 2 saturated heterocycles. The zero-order chi connectivity index (χ0) is 17.8. The highest BCUT2D eigenvalue weighted by molar-refractivity contribution is 5.94. The number of piperazine rings is 1. The Morgan fingerprint density at radius 1 is 1.20 bits per heavy atom. The van der Waals surface area contributed by atoms with Crippen molar-refractivity contribution in [1.29, 1.82) is 0 Å². The van der Waals surface area contributed by atoms with E-state index in [-0.39, 0.29) is 17.9 Å². The van der Waals surface area contributed by atoms with E-state index in [0.717, 1.165) is 32.7 Å². The number of β-amino-alcohol motifs (C(OH)–C–C–N with tert-alkyl or cyclic N) is 1. The minimum absolute atomic E-state index is 0.0738. The molecule has 2 heterocycles. The van der Waals surface area contributed by atoms with Crippen LogP contribution in [0.2, 0.25) is 0 Å². The topological polar surface area (TPSA) is 67.8 Å². The molecule has 6 heteroatoms. The van der Waals surface area contributed by atoms with Crippen molar-refractivity contribution < 1.29 is 9.90 Å². The van der Waals surface area contributed by atoms with Crippen LogP contribution in [0.3, 0.4) is 0 Å². The van der Waals surface area contributed by atoms with Gasteiger partial charge in [0.1, 0.15) is 0 Å². The second-order valence-electron chi connectivity index (χ2n) is 7.36. The van der Waals surface area contributed by atoms with Crippen molar-refractivity contribution in [3.8, 4) is 0 Å². The van der Waals surface area contributed by atoms with Crippen LogP contribution in [0.15, 0.2) is 24.3 Å². The van der Waals surface area contributed by atoms with E-state index >= 15 is 0 Å². The highest BCUT2D eigenvalue weighted by Crippen LogP contribution is 2.18. The average molecular weight is 346 g/mol. The minimum atomic E-state index is -0.368. The summed E-state index contributed by atoms with van der Waals surface area (Å²) in [6.07, 6.45) is -0.368. The van der Waals surface area contributed by atoms with E-state index in [1.54, 1.807) is 0 Å². The number of rotatable bonds is 5. The molecule has 1 aromatic rings. The summed E-state index contributed by atoms with van der Waals surface area (Å²) in [5.74, 6) is 0.0238. The van der Waals surface area contributed by atoms with Gasteiger partial charge in [0.2, 0.25) is 0 Å². The third-order valence-electron chi connectivity index (χ3n) is 5.37. The number of hydrogen-bond donors (Lipinski definition) is 3. The van der Waals surface area contributed by atoms with Gasteiger partial charge in [-0.05, 0) is 38.1 Å². The van der Waals surface area contributed by atoms with Gasteiger partial charge in [-0.1, -0.05) is 0 Å². The zero-order valence-electron chi connectivity index (χ0n) is 15.2. The van der Waals surface area contributed by atoms with Crippen molar-refractivity contribution in [3.05, 3.63) is 29.8 Å². The maximum Gasteiger partial charge on any atom is 0.251 e. The van der Waals surface area contributed by atoms with Gasteiger partial charge in [0.05, 0.1) is 6.10 Å². The predicted octanol–water partition coefficient (Wildman–Crippen LogP) is 0.527. The van der Waals surface area contributed by atoms with Crippen molar-refractivity contribution >= 4 is 11.6 Å². The fourth-order valence-corrected chi connectivity index (χ4v) is 3.57. The molecule has 6 nitrogen and oxygen atoms in total. The van der Waals surface area contributed by atoms with Gasteiger partial charge < -0.3 is 20.6 Å². The van der Waals surface area contributed by atoms with Crippen molar-refractivity contribution in [1.82, 2.24) is 15.5 Å². The molecule has 138 valence electrons. The number of anilines is 1. The first kappa shape index (κ1) is 18.2. The van der Waals surface area contributed by atoms with Gasteiger partial charge in [-0.2, -0.15) is 0 Å². The minimum Gasteiger partial charge on any atom is -0.391 e. The normalized spacial score (nSPS) is 24.7. The number of benzene rings is 1. The Hall–Kier alpha value is -1.63. The van der Waals surface area contributed by atoms with Gasteiger partial charge in [-0.25, -0.2) is 0 Å². The van der Waals surface area contributed by atoms with E-state index in [2.05, 4.69) is 34.3 Å². The third kappa shape index (κ3) is 4.51. The molecule has 0 aromatic heterocycles. The van der Waals surface area contributed by atoms with E-state index < -0.39 is 0 Å². The lowest BCUT2D eigenvalue weighted by atomic mass is 10.1. The summed E-state index contributed by atoms with van der Waals surface area (Å²) >= 11 is 0. The summed E-state index contributed by atoms with van der Waals surface area (Å²) < 4.78 is 0. The monoisotopic (exact) mass is 346 g/mol. The summed E-state index contributed by atoms with van der Waals surface area (Å²) in [6, 6.07) is 8.45. The lowest BCUT2D eigenvalue weighted by molar-refractivity contribution is 0.0927. The number of hydrogen-bond acceptors (Lipinski definition) is 5. The molecule has 0 radical (unpaired) electrons. The van der Waals surface area contributed by atoms with Crippen molar-refractivity contribution in [3.63, 3.8) is 0 Å². The van der Waals surface area contributed by atoms with E-state index in [9.17, 15) is 9.90 Å². The van der Waals surface area contributed by atoms with E-state index in [1.807, 2.05) is 24.3 Å². The second kappa shape index (κ2) is 8.17. The molecule has 2 aliphatic heterocycles. The van der Waals surface area contributed by atoms with Crippen LogP contribution in [0.1, 0.15) is 24.2 Å². The van der Waals surface area contributed by atoms with Gasteiger partial charge in [0.15, 0.2) is 0 Å². The summed E-state index contributed by atoms with van der Waals surface area (Å²) in [5, 5.41) is 15.8. The summed E-state index contributed by atoms with van der Waals surface area (Å²) in [5.41, 5.74) is 1.85. The molecular formula is C19H30N4O2. The zero-order valence-corrected chi connectivity index (χ0v) is 15.2. The maximum absolute atomic E-state index is 12.3. The number of nitrogens with one attached hydrogen (secondary N) is 2. The molecule has 2 unspecified atom stereocenters. The first-order valence-electron chi connectivity index (χ1n) is 9.30. The van der Waals surface area contributed by atoms with Crippen LogP contribution < -0.4 is 15.5 Å². The lowest BCUT2D eigenvalue weighted by Gasteiger charge is -2.38. The van der Waals surface area contributed by atoms with E-state index in [0.29, 0.717) is 24.7 Å². The first-order chi connectivity index (χ1) is 12.0. The Balaban J connectivity index is 1.51. The number of aliphatic hydroxyl groups is 1. The molecule has 3 N–H and O–H groups in total. The Morgan fingerprint density at radius 2 is 1.88 bits per heavy atom. The molecule has 2 fully saturated rings. The smallest absolute Gasteiger partial charge is 0.251 e. The molecule has 1 amide bonds. The average Bonchev–Trinajstić information content (AvgIpc) is 3.05. The molecule has 0 spiro atoms. The fraction of sp³-hybridized carbons (Fsp3) is 0.632. The SMILES string of the molecule is CC(C)N1CCN(c2ccc(C(=O)NCC3CNCC3O)cc2)CC1. The lowest BCUT2D eigenvalue weighted by Crippen LogP contribution is -2.48. The summed E-state index contributed by atoms with van der Waals surface area (Å²) in [4.78, 5) is 17.1. The van der Waals surface area contributed by atoms with Crippen LogP contribution in [0.5, 0.6) is 0 Å². The van der Waals surface area contributed by atoms with Crippen LogP contribution in [-0.2, 0) is 0 Å². The standard InChI is InChI=1S/C19H30N4O2/c1-14(2)22-7-9-23(10-8-22)17-5-3-15(4-6-17)19(25)21-12-16-11-20-13-18(16)24/h3-6,14,16,18,20,24H,7-13H2,1-2H3,(H,21,25). The van der Waals surface area contributed by atoms with Crippen LogP contribution in [0.4, 0.5) is 5.69 Å². The molecule has 0 bridgehead atoms. The number of aliphatic hydroxyl groups excluding tert-OH is 1. The summed E-state index contributed by atoms with van der Waals surface area (Å²) in [6.45, 7) is 10.6. The quantitative estimate of drug-likeness (QED) is 0.726. The van der Waals surface area contributed by atoms with E-state index in [1.165, 1.54) is 5.69 Å². The number of carbonyl (C=O) groups is 1. The number of amides is 1.